The minimum atomic E-state index is -2.91. The zero-order chi connectivity index (χ0) is 14.8. The van der Waals surface area contributed by atoms with Crippen molar-refractivity contribution in [3.05, 3.63) is 23.8 Å². The Labute approximate surface area is 119 Å². The molecule has 1 aromatic rings. The van der Waals surface area contributed by atoms with Crippen molar-refractivity contribution in [2.75, 3.05) is 25.7 Å². The highest BCUT2D eigenvalue weighted by Crippen LogP contribution is 2.32. The van der Waals surface area contributed by atoms with Crippen molar-refractivity contribution in [3.63, 3.8) is 0 Å². The Balaban J connectivity index is 2.10. The maximum atomic E-state index is 11.4. The number of sulfone groups is 1. The molecular formula is C14H20O5S. The number of ether oxygens (including phenoxy) is 2. The van der Waals surface area contributed by atoms with Crippen LogP contribution in [0.3, 0.4) is 0 Å². The van der Waals surface area contributed by atoms with E-state index in [1.165, 1.54) is 0 Å². The summed E-state index contributed by atoms with van der Waals surface area (Å²) in [4.78, 5) is 0. The Morgan fingerprint density at radius 2 is 1.85 bits per heavy atom. The third-order valence-corrected chi connectivity index (χ3v) is 5.48. The highest BCUT2D eigenvalue weighted by atomic mass is 32.2. The second-order valence-corrected chi connectivity index (χ2v) is 7.40. The summed E-state index contributed by atoms with van der Waals surface area (Å²) in [6.45, 7) is 0. The first kappa shape index (κ1) is 15.1. The molecule has 0 saturated carbocycles. The highest BCUT2D eigenvalue weighted by molar-refractivity contribution is 7.91. The van der Waals surface area contributed by atoms with E-state index in [0.717, 1.165) is 0 Å². The van der Waals surface area contributed by atoms with E-state index < -0.39 is 15.9 Å². The van der Waals surface area contributed by atoms with Gasteiger partial charge in [0.2, 0.25) is 0 Å². The van der Waals surface area contributed by atoms with Crippen LogP contribution in [0, 0.1) is 5.92 Å². The minimum Gasteiger partial charge on any atom is -0.497 e. The lowest BCUT2D eigenvalue weighted by atomic mass is 9.96. The summed E-state index contributed by atoms with van der Waals surface area (Å²) in [6.07, 6.45) is 0.355. The van der Waals surface area contributed by atoms with Gasteiger partial charge in [0.25, 0.3) is 0 Å². The summed E-state index contributed by atoms with van der Waals surface area (Å²) in [7, 11) is 0.191. The van der Waals surface area contributed by atoms with Crippen LogP contribution in [0.5, 0.6) is 11.5 Å². The van der Waals surface area contributed by atoms with Crippen molar-refractivity contribution in [1.29, 1.82) is 0 Å². The van der Waals surface area contributed by atoms with Gasteiger partial charge in [0, 0.05) is 6.07 Å². The van der Waals surface area contributed by atoms with Gasteiger partial charge in [0.15, 0.2) is 9.84 Å². The minimum absolute atomic E-state index is 0.0206. The lowest BCUT2D eigenvalue weighted by molar-refractivity contribution is 0.148. The van der Waals surface area contributed by atoms with Gasteiger partial charge in [0.1, 0.15) is 11.5 Å². The third kappa shape index (κ3) is 3.64. The fourth-order valence-corrected chi connectivity index (χ4v) is 4.41. The van der Waals surface area contributed by atoms with Gasteiger partial charge in [0.05, 0.1) is 31.8 Å². The van der Waals surface area contributed by atoms with E-state index in [-0.39, 0.29) is 17.4 Å². The van der Waals surface area contributed by atoms with Crippen LogP contribution >= 0.6 is 0 Å². The van der Waals surface area contributed by atoms with Gasteiger partial charge < -0.3 is 14.6 Å². The van der Waals surface area contributed by atoms with Crippen LogP contribution in [0.1, 0.15) is 24.5 Å². The van der Waals surface area contributed by atoms with Crippen molar-refractivity contribution in [2.45, 2.75) is 18.9 Å². The molecule has 0 bridgehead atoms. The molecule has 2 atom stereocenters. The fourth-order valence-electron chi connectivity index (χ4n) is 2.53. The lowest BCUT2D eigenvalue weighted by Gasteiger charge is -2.16. The molecule has 1 aliphatic heterocycles. The van der Waals surface area contributed by atoms with Gasteiger partial charge in [-0.2, -0.15) is 0 Å². The summed E-state index contributed by atoms with van der Waals surface area (Å²) in [5, 5.41) is 10.3. The van der Waals surface area contributed by atoms with E-state index in [2.05, 4.69) is 0 Å². The first-order chi connectivity index (χ1) is 9.43. The smallest absolute Gasteiger partial charge is 0.150 e. The summed E-state index contributed by atoms with van der Waals surface area (Å²) >= 11 is 0. The number of benzene rings is 1. The molecule has 20 heavy (non-hydrogen) atoms. The molecular weight excluding hydrogens is 280 g/mol. The monoisotopic (exact) mass is 300 g/mol. The molecule has 0 aromatic heterocycles. The topological polar surface area (TPSA) is 72.8 Å². The van der Waals surface area contributed by atoms with Crippen LogP contribution in [0.25, 0.3) is 0 Å². The Hall–Kier alpha value is -1.27. The van der Waals surface area contributed by atoms with Gasteiger partial charge in [-0.15, -0.1) is 0 Å². The van der Waals surface area contributed by atoms with Crippen LogP contribution in [0.2, 0.25) is 0 Å². The van der Waals surface area contributed by atoms with Gasteiger partial charge in [-0.25, -0.2) is 8.42 Å². The summed E-state index contributed by atoms with van der Waals surface area (Å²) in [5.74, 6) is 1.64. The molecule has 1 aromatic carbocycles. The molecule has 1 N–H and O–H groups in total. The van der Waals surface area contributed by atoms with Crippen LogP contribution in [-0.4, -0.2) is 39.2 Å². The summed E-state index contributed by atoms with van der Waals surface area (Å²) in [5.41, 5.74) is 0.686. The first-order valence-corrected chi connectivity index (χ1v) is 8.37. The zero-order valence-electron chi connectivity index (χ0n) is 11.7. The van der Waals surface area contributed by atoms with E-state index in [1.807, 2.05) is 0 Å². The van der Waals surface area contributed by atoms with Crippen molar-refractivity contribution in [1.82, 2.24) is 0 Å². The molecule has 2 unspecified atom stereocenters. The molecule has 2 rings (SSSR count). The molecule has 112 valence electrons. The van der Waals surface area contributed by atoms with E-state index in [9.17, 15) is 13.5 Å². The van der Waals surface area contributed by atoms with E-state index in [4.69, 9.17) is 9.47 Å². The average Bonchev–Trinajstić information content (AvgIpc) is 2.77. The second kappa shape index (κ2) is 6.01. The van der Waals surface area contributed by atoms with Crippen LogP contribution < -0.4 is 9.47 Å². The SMILES string of the molecule is COc1cc(OC)cc(C(O)CC2CCS(=O)(=O)C2)c1. The van der Waals surface area contributed by atoms with Gasteiger partial charge in [-0.3, -0.25) is 0 Å². The summed E-state index contributed by atoms with van der Waals surface area (Å²) in [6, 6.07) is 5.23. The molecule has 0 aliphatic carbocycles. The van der Waals surface area contributed by atoms with Crippen LogP contribution in [0.15, 0.2) is 18.2 Å². The van der Waals surface area contributed by atoms with Crippen molar-refractivity contribution in [3.8, 4) is 11.5 Å². The van der Waals surface area contributed by atoms with Crippen molar-refractivity contribution in [2.24, 2.45) is 5.92 Å². The standard InChI is InChI=1S/C14H20O5S/c1-18-12-6-11(7-13(8-12)19-2)14(15)5-10-3-4-20(16,17)9-10/h6-8,10,14-15H,3-5,9H2,1-2H3. The van der Waals surface area contributed by atoms with Crippen LogP contribution in [0.4, 0.5) is 0 Å². The molecule has 1 fully saturated rings. The molecule has 0 amide bonds. The number of aliphatic hydroxyl groups is 1. The zero-order valence-corrected chi connectivity index (χ0v) is 12.5. The lowest BCUT2D eigenvalue weighted by Crippen LogP contribution is -2.10. The predicted molar refractivity (Wildman–Crippen MR) is 75.9 cm³/mol. The van der Waals surface area contributed by atoms with Crippen LogP contribution in [-0.2, 0) is 9.84 Å². The molecule has 5 nitrogen and oxygen atoms in total. The number of hydrogen-bond acceptors (Lipinski definition) is 5. The Morgan fingerprint density at radius 3 is 2.30 bits per heavy atom. The number of aliphatic hydroxyl groups excluding tert-OH is 1. The fraction of sp³-hybridized carbons (Fsp3) is 0.571. The summed E-state index contributed by atoms with van der Waals surface area (Å²) < 4.78 is 33.2. The van der Waals surface area contributed by atoms with E-state index >= 15 is 0 Å². The molecule has 0 radical (unpaired) electrons. The van der Waals surface area contributed by atoms with E-state index in [1.54, 1.807) is 32.4 Å². The quantitative estimate of drug-likeness (QED) is 0.893. The van der Waals surface area contributed by atoms with Crippen molar-refractivity contribution < 1.29 is 23.0 Å². The maximum absolute atomic E-state index is 11.4. The highest BCUT2D eigenvalue weighted by Gasteiger charge is 2.29. The predicted octanol–water partition coefficient (Wildman–Crippen LogP) is 1.56. The van der Waals surface area contributed by atoms with Gasteiger partial charge >= 0.3 is 0 Å². The van der Waals surface area contributed by atoms with E-state index in [0.29, 0.717) is 29.9 Å². The van der Waals surface area contributed by atoms with Gasteiger partial charge in [-0.05, 0) is 36.5 Å². The first-order valence-electron chi connectivity index (χ1n) is 6.55. The van der Waals surface area contributed by atoms with Crippen molar-refractivity contribution >= 4 is 9.84 Å². The molecule has 1 heterocycles. The normalized spacial score (nSPS) is 22.4. The molecule has 6 heteroatoms. The molecule has 1 saturated heterocycles. The largest absolute Gasteiger partial charge is 0.497 e. The Bertz CT molecular complexity index is 545. The Kier molecular flexibility index (Phi) is 4.55. The third-order valence-electron chi connectivity index (χ3n) is 3.64. The second-order valence-electron chi connectivity index (χ2n) is 5.17. The number of methoxy groups -OCH3 is 2. The Morgan fingerprint density at radius 1 is 1.25 bits per heavy atom. The molecule has 0 spiro atoms. The maximum Gasteiger partial charge on any atom is 0.150 e. The van der Waals surface area contributed by atoms with Gasteiger partial charge in [-0.1, -0.05) is 0 Å². The number of hydrogen-bond donors (Lipinski definition) is 1. The average molecular weight is 300 g/mol. The number of rotatable bonds is 5. The molecule has 1 aliphatic rings.